The predicted octanol–water partition coefficient (Wildman–Crippen LogP) is 4.63. The first kappa shape index (κ1) is 24.2. The van der Waals surface area contributed by atoms with Crippen molar-refractivity contribution in [1.29, 1.82) is 0 Å². The van der Waals surface area contributed by atoms with Crippen molar-refractivity contribution in [3.63, 3.8) is 0 Å². The second-order valence-electron chi connectivity index (χ2n) is 8.88. The molecule has 9 heteroatoms. The second kappa shape index (κ2) is 10.1. The summed E-state index contributed by atoms with van der Waals surface area (Å²) in [6.45, 7) is 6.73. The highest BCUT2D eigenvalue weighted by Crippen LogP contribution is 2.25. The number of nitrogens with zero attached hydrogens (tertiary/aromatic N) is 4. The van der Waals surface area contributed by atoms with E-state index in [1.165, 1.54) is 0 Å². The van der Waals surface area contributed by atoms with Crippen LogP contribution in [0, 0.1) is 3.57 Å². The summed E-state index contributed by atoms with van der Waals surface area (Å²) in [6, 6.07) is 15.9. The SMILES string of the molecule is CCC(Nc1nc(NCc2cc(I)ccc2N)c2ncn(Cc3ccccc3)c2n1)C(C)(C)O. The molecule has 34 heavy (non-hydrogen) atoms. The van der Waals surface area contributed by atoms with Crippen molar-refractivity contribution < 1.29 is 5.11 Å². The van der Waals surface area contributed by atoms with Gasteiger partial charge in [-0.15, -0.1) is 0 Å². The molecule has 0 aliphatic rings. The number of aromatic nitrogens is 4. The zero-order valence-electron chi connectivity index (χ0n) is 19.6. The molecular formula is C25H30IN7O. The maximum atomic E-state index is 10.6. The van der Waals surface area contributed by atoms with E-state index >= 15 is 0 Å². The monoisotopic (exact) mass is 571 g/mol. The van der Waals surface area contributed by atoms with Crippen molar-refractivity contribution in [3.05, 3.63) is 69.6 Å². The van der Waals surface area contributed by atoms with E-state index in [0.717, 1.165) is 26.8 Å². The van der Waals surface area contributed by atoms with E-state index < -0.39 is 5.60 Å². The molecule has 4 aromatic rings. The van der Waals surface area contributed by atoms with Gasteiger partial charge in [-0.05, 0) is 72.2 Å². The van der Waals surface area contributed by atoms with Crippen LogP contribution in [0.4, 0.5) is 17.5 Å². The molecule has 0 radical (unpaired) electrons. The first-order chi connectivity index (χ1) is 16.2. The lowest BCUT2D eigenvalue weighted by atomic mass is 9.97. The summed E-state index contributed by atoms with van der Waals surface area (Å²) in [6.07, 6.45) is 2.50. The van der Waals surface area contributed by atoms with Crippen LogP contribution in [0.5, 0.6) is 0 Å². The third-order valence-electron chi connectivity index (χ3n) is 5.78. The molecule has 178 valence electrons. The molecule has 0 saturated carbocycles. The Labute approximate surface area is 213 Å². The van der Waals surface area contributed by atoms with E-state index in [2.05, 4.69) is 56.4 Å². The summed E-state index contributed by atoms with van der Waals surface area (Å²) in [4.78, 5) is 14.1. The van der Waals surface area contributed by atoms with Gasteiger partial charge in [-0.2, -0.15) is 9.97 Å². The van der Waals surface area contributed by atoms with Crippen LogP contribution < -0.4 is 16.4 Å². The number of hydrogen-bond acceptors (Lipinski definition) is 7. The van der Waals surface area contributed by atoms with E-state index in [0.29, 0.717) is 36.0 Å². The quantitative estimate of drug-likeness (QED) is 0.171. The summed E-state index contributed by atoms with van der Waals surface area (Å²) in [5.74, 6) is 1.05. The Bertz CT molecular complexity index is 1270. The van der Waals surface area contributed by atoms with E-state index in [9.17, 15) is 5.11 Å². The number of nitrogens with two attached hydrogens (primary N) is 1. The molecule has 0 aliphatic heterocycles. The number of anilines is 3. The standard InChI is InChI=1S/C25H30IN7O/c1-4-20(25(2,3)34)30-24-31-22(28-13-17-12-18(26)10-11-19(17)27)21-23(32-24)33(15-29-21)14-16-8-6-5-7-9-16/h5-12,15,20,34H,4,13-14,27H2,1-3H3,(H2,28,30,31,32). The molecule has 0 amide bonds. The molecule has 2 aromatic heterocycles. The summed E-state index contributed by atoms with van der Waals surface area (Å²) < 4.78 is 3.12. The largest absolute Gasteiger partial charge is 0.398 e. The van der Waals surface area contributed by atoms with Gasteiger partial charge in [0.25, 0.3) is 0 Å². The van der Waals surface area contributed by atoms with Gasteiger partial charge in [0.15, 0.2) is 17.0 Å². The molecule has 0 saturated heterocycles. The third kappa shape index (κ3) is 5.58. The van der Waals surface area contributed by atoms with Gasteiger partial charge in [-0.25, -0.2) is 4.98 Å². The first-order valence-electron chi connectivity index (χ1n) is 11.3. The van der Waals surface area contributed by atoms with Crippen molar-refractivity contribution in [3.8, 4) is 0 Å². The topological polar surface area (TPSA) is 114 Å². The Kier molecular flexibility index (Phi) is 7.22. The normalized spacial score (nSPS) is 12.6. The predicted molar refractivity (Wildman–Crippen MR) is 146 cm³/mol. The highest BCUT2D eigenvalue weighted by molar-refractivity contribution is 14.1. The molecular weight excluding hydrogens is 541 g/mol. The van der Waals surface area contributed by atoms with Crippen LogP contribution in [-0.2, 0) is 13.1 Å². The van der Waals surface area contributed by atoms with Crippen LogP contribution in [0.15, 0.2) is 54.9 Å². The van der Waals surface area contributed by atoms with Crippen LogP contribution >= 0.6 is 22.6 Å². The van der Waals surface area contributed by atoms with E-state index in [1.807, 2.05) is 41.8 Å². The molecule has 0 bridgehead atoms. The van der Waals surface area contributed by atoms with Crippen LogP contribution in [0.1, 0.15) is 38.3 Å². The molecule has 4 rings (SSSR count). The second-order valence-corrected chi connectivity index (χ2v) is 10.1. The zero-order chi connectivity index (χ0) is 24.3. The molecule has 8 nitrogen and oxygen atoms in total. The fourth-order valence-corrected chi connectivity index (χ4v) is 4.42. The van der Waals surface area contributed by atoms with Gasteiger partial charge in [0.1, 0.15) is 0 Å². The van der Waals surface area contributed by atoms with Crippen molar-refractivity contribution in [2.45, 2.75) is 51.9 Å². The Morgan fingerprint density at radius 3 is 2.62 bits per heavy atom. The molecule has 5 N–H and O–H groups in total. The number of aliphatic hydroxyl groups is 1. The summed E-state index contributed by atoms with van der Waals surface area (Å²) >= 11 is 2.28. The van der Waals surface area contributed by atoms with Crippen molar-refractivity contribution in [1.82, 2.24) is 19.5 Å². The van der Waals surface area contributed by atoms with Crippen molar-refractivity contribution in [2.75, 3.05) is 16.4 Å². The number of hydrogen-bond donors (Lipinski definition) is 4. The molecule has 0 spiro atoms. The van der Waals surface area contributed by atoms with E-state index in [1.54, 1.807) is 20.2 Å². The van der Waals surface area contributed by atoms with Crippen LogP contribution in [0.25, 0.3) is 11.2 Å². The van der Waals surface area contributed by atoms with Crippen LogP contribution in [-0.4, -0.2) is 36.3 Å². The molecule has 0 aliphatic carbocycles. The molecule has 0 fully saturated rings. The van der Waals surface area contributed by atoms with Gasteiger partial charge in [-0.1, -0.05) is 37.3 Å². The third-order valence-corrected chi connectivity index (χ3v) is 6.45. The Hall–Kier alpha value is -2.92. The summed E-state index contributed by atoms with van der Waals surface area (Å²) in [5, 5.41) is 17.3. The average Bonchev–Trinajstić information content (AvgIpc) is 3.20. The van der Waals surface area contributed by atoms with Crippen LogP contribution in [0.3, 0.4) is 0 Å². The highest BCUT2D eigenvalue weighted by Gasteiger charge is 2.26. The van der Waals surface area contributed by atoms with Gasteiger partial charge in [-0.3, -0.25) is 0 Å². The minimum absolute atomic E-state index is 0.213. The Balaban J connectivity index is 1.72. The molecule has 2 heterocycles. The lowest BCUT2D eigenvalue weighted by Gasteiger charge is -2.29. The maximum absolute atomic E-state index is 10.6. The fraction of sp³-hybridized carbons (Fsp3) is 0.320. The number of nitrogens with one attached hydrogen (secondary N) is 2. The summed E-state index contributed by atoms with van der Waals surface area (Å²) in [7, 11) is 0. The van der Waals surface area contributed by atoms with Gasteiger partial charge in [0, 0.05) is 15.8 Å². The number of fused-ring (bicyclic) bond motifs is 1. The molecule has 2 aromatic carbocycles. The lowest BCUT2D eigenvalue weighted by molar-refractivity contribution is 0.0577. The maximum Gasteiger partial charge on any atom is 0.227 e. The zero-order valence-corrected chi connectivity index (χ0v) is 21.7. The van der Waals surface area contributed by atoms with Gasteiger partial charge >= 0.3 is 0 Å². The van der Waals surface area contributed by atoms with Crippen molar-refractivity contribution in [2.24, 2.45) is 0 Å². The summed E-state index contributed by atoms with van der Waals surface area (Å²) in [5.41, 5.74) is 9.51. The number of rotatable bonds is 9. The van der Waals surface area contributed by atoms with Gasteiger partial charge < -0.3 is 26.0 Å². The first-order valence-corrected chi connectivity index (χ1v) is 12.4. The van der Waals surface area contributed by atoms with Crippen LogP contribution in [0.2, 0.25) is 0 Å². The van der Waals surface area contributed by atoms with Gasteiger partial charge in [0.2, 0.25) is 5.95 Å². The lowest BCUT2D eigenvalue weighted by Crippen LogP contribution is -2.41. The molecule has 1 atom stereocenters. The Morgan fingerprint density at radius 2 is 1.91 bits per heavy atom. The minimum Gasteiger partial charge on any atom is -0.398 e. The number of halogens is 1. The van der Waals surface area contributed by atoms with Gasteiger partial charge in [0.05, 0.1) is 24.5 Å². The van der Waals surface area contributed by atoms with E-state index in [4.69, 9.17) is 15.7 Å². The number of imidazole rings is 1. The fourth-order valence-electron chi connectivity index (χ4n) is 3.87. The average molecular weight is 571 g/mol. The number of nitrogen functional groups attached to an aromatic ring is 1. The highest BCUT2D eigenvalue weighted by atomic mass is 127. The number of benzene rings is 2. The van der Waals surface area contributed by atoms with Crippen molar-refractivity contribution >= 4 is 51.2 Å². The smallest absolute Gasteiger partial charge is 0.227 e. The Morgan fingerprint density at radius 1 is 1.15 bits per heavy atom. The minimum atomic E-state index is -0.930. The molecule has 1 unspecified atom stereocenters. The van der Waals surface area contributed by atoms with E-state index in [-0.39, 0.29) is 6.04 Å².